The largest absolute Gasteiger partial charge is 0.387 e. The topological polar surface area (TPSA) is 57.4 Å². The van der Waals surface area contributed by atoms with Crippen LogP contribution in [0.15, 0.2) is 89.8 Å². The van der Waals surface area contributed by atoms with E-state index < -0.39 is 22.2 Å². The average molecular weight is 379 g/mol. The lowest BCUT2D eigenvalue weighted by molar-refractivity contribution is 0.166. The first-order valence-electron chi connectivity index (χ1n) is 8.88. The summed E-state index contributed by atoms with van der Waals surface area (Å²) in [4.78, 5) is 0.247. The van der Waals surface area contributed by atoms with Crippen molar-refractivity contribution in [2.24, 2.45) is 0 Å². The van der Waals surface area contributed by atoms with Crippen molar-refractivity contribution in [3.63, 3.8) is 0 Å². The van der Waals surface area contributed by atoms with Crippen molar-refractivity contribution in [3.05, 3.63) is 102 Å². The fourth-order valence-electron chi connectivity index (χ4n) is 3.52. The van der Waals surface area contributed by atoms with Crippen LogP contribution in [-0.4, -0.2) is 23.9 Å². The summed E-state index contributed by atoms with van der Waals surface area (Å²) in [6.07, 6.45) is -0.892. The first-order chi connectivity index (χ1) is 13.0. The van der Waals surface area contributed by atoms with Crippen LogP contribution in [0.5, 0.6) is 0 Å². The quantitative estimate of drug-likeness (QED) is 0.685. The van der Waals surface area contributed by atoms with Crippen LogP contribution >= 0.6 is 0 Å². The van der Waals surface area contributed by atoms with Gasteiger partial charge in [-0.1, -0.05) is 78.4 Å². The Morgan fingerprint density at radius 3 is 2.00 bits per heavy atom. The van der Waals surface area contributed by atoms with Crippen molar-refractivity contribution in [1.29, 1.82) is 0 Å². The van der Waals surface area contributed by atoms with Crippen molar-refractivity contribution in [2.45, 2.75) is 30.0 Å². The number of benzene rings is 3. The van der Waals surface area contributed by atoms with Crippen LogP contribution < -0.4 is 0 Å². The molecule has 1 fully saturated rings. The fourth-order valence-corrected chi connectivity index (χ4v) is 5.29. The highest BCUT2D eigenvalue weighted by atomic mass is 32.2. The highest BCUT2D eigenvalue weighted by molar-refractivity contribution is 7.89. The maximum absolute atomic E-state index is 13.3. The Morgan fingerprint density at radius 1 is 0.852 bits per heavy atom. The SMILES string of the molecule is Cc1ccc(S(=O)(=O)N2[C@@H]([C@@H](O)c3ccccc3)[C@@H]2c2ccccc2)cc1. The zero-order valence-electron chi connectivity index (χ0n) is 14.9. The molecule has 1 aliphatic heterocycles. The van der Waals surface area contributed by atoms with Gasteiger partial charge in [0.2, 0.25) is 10.0 Å². The molecule has 0 bridgehead atoms. The summed E-state index contributed by atoms with van der Waals surface area (Å²) in [7, 11) is -3.71. The lowest BCUT2D eigenvalue weighted by Crippen LogP contribution is -2.18. The molecule has 1 unspecified atom stereocenters. The number of aryl methyl sites for hydroxylation is 1. The molecule has 3 aromatic carbocycles. The molecule has 138 valence electrons. The molecule has 4 nitrogen and oxygen atoms in total. The van der Waals surface area contributed by atoms with Gasteiger partial charge in [-0.3, -0.25) is 0 Å². The van der Waals surface area contributed by atoms with E-state index in [-0.39, 0.29) is 10.9 Å². The Morgan fingerprint density at radius 2 is 1.41 bits per heavy atom. The Labute approximate surface area is 159 Å². The smallest absolute Gasteiger partial charge is 0.244 e. The standard InChI is InChI=1S/C22H21NO3S/c1-16-12-14-19(15-13-16)27(25,26)23-20(17-8-4-2-5-9-17)21(23)22(24)18-10-6-3-7-11-18/h2-15,20-22,24H,1H3/t20-,21+,22-,23?/m0/s1. The van der Waals surface area contributed by atoms with Gasteiger partial charge in [0.1, 0.15) is 0 Å². The first kappa shape index (κ1) is 17.9. The van der Waals surface area contributed by atoms with Crippen LogP contribution in [0, 0.1) is 6.92 Å². The molecule has 0 spiro atoms. The highest BCUT2D eigenvalue weighted by Gasteiger charge is 2.59. The van der Waals surface area contributed by atoms with Gasteiger partial charge < -0.3 is 5.11 Å². The molecule has 0 saturated carbocycles. The van der Waals surface area contributed by atoms with Gasteiger partial charge in [0, 0.05) is 0 Å². The minimum absolute atomic E-state index is 0.247. The minimum atomic E-state index is -3.71. The Bertz CT molecular complexity index is 1020. The number of rotatable bonds is 5. The molecule has 1 saturated heterocycles. The monoisotopic (exact) mass is 379 g/mol. The maximum atomic E-state index is 13.3. The Hall–Kier alpha value is -2.47. The summed E-state index contributed by atoms with van der Waals surface area (Å²) in [5.41, 5.74) is 2.60. The van der Waals surface area contributed by atoms with Crippen LogP contribution in [0.25, 0.3) is 0 Å². The molecule has 4 rings (SSSR count). The van der Waals surface area contributed by atoms with Crippen LogP contribution in [0.4, 0.5) is 0 Å². The molecule has 0 aliphatic carbocycles. The molecular weight excluding hydrogens is 358 g/mol. The van der Waals surface area contributed by atoms with Gasteiger partial charge in [0.15, 0.2) is 0 Å². The van der Waals surface area contributed by atoms with E-state index in [4.69, 9.17) is 0 Å². The second kappa shape index (κ2) is 6.93. The molecule has 0 amide bonds. The van der Waals surface area contributed by atoms with Crippen molar-refractivity contribution in [1.82, 2.24) is 4.31 Å². The zero-order chi connectivity index (χ0) is 19.0. The van der Waals surface area contributed by atoms with E-state index in [0.29, 0.717) is 5.56 Å². The molecule has 5 heteroatoms. The lowest BCUT2D eigenvalue weighted by Gasteiger charge is -2.11. The molecule has 3 aromatic rings. The van der Waals surface area contributed by atoms with Gasteiger partial charge in [-0.25, -0.2) is 8.42 Å². The van der Waals surface area contributed by atoms with Crippen LogP contribution in [0.1, 0.15) is 28.8 Å². The van der Waals surface area contributed by atoms with Crippen LogP contribution in [0.2, 0.25) is 0 Å². The fraction of sp³-hybridized carbons (Fsp3) is 0.182. The molecule has 0 aromatic heterocycles. The number of aliphatic hydroxyl groups is 1. The van der Waals surface area contributed by atoms with Crippen molar-refractivity contribution < 1.29 is 13.5 Å². The van der Waals surface area contributed by atoms with E-state index in [0.717, 1.165) is 11.1 Å². The van der Waals surface area contributed by atoms with Gasteiger partial charge in [-0.15, -0.1) is 0 Å². The number of hydrogen-bond donors (Lipinski definition) is 1. The highest BCUT2D eigenvalue weighted by Crippen LogP contribution is 2.52. The number of aliphatic hydroxyl groups excluding tert-OH is 1. The normalized spacial score (nSPS) is 23.0. The predicted molar refractivity (Wildman–Crippen MR) is 105 cm³/mol. The third-order valence-electron chi connectivity index (χ3n) is 5.00. The van der Waals surface area contributed by atoms with Crippen LogP contribution in [0.3, 0.4) is 0 Å². The lowest BCUT2D eigenvalue weighted by atomic mass is 10.0. The van der Waals surface area contributed by atoms with Gasteiger partial charge in [-0.05, 0) is 30.2 Å². The Kier molecular flexibility index (Phi) is 4.60. The molecule has 27 heavy (non-hydrogen) atoms. The van der Waals surface area contributed by atoms with Crippen molar-refractivity contribution in [2.75, 3.05) is 0 Å². The van der Waals surface area contributed by atoms with E-state index in [1.165, 1.54) is 4.31 Å². The van der Waals surface area contributed by atoms with Gasteiger partial charge in [-0.2, -0.15) is 4.31 Å². The van der Waals surface area contributed by atoms with E-state index in [1.807, 2.05) is 67.6 Å². The number of sulfonamides is 1. The average Bonchev–Trinajstić information content (AvgIpc) is 3.46. The molecular formula is C22H21NO3S. The predicted octanol–water partition coefficient (Wildman–Crippen LogP) is 3.84. The third kappa shape index (κ3) is 3.30. The van der Waals surface area contributed by atoms with Crippen molar-refractivity contribution in [3.8, 4) is 0 Å². The summed E-state index contributed by atoms with van der Waals surface area (Å²) < 4.78 is 27.9. The van der Waals surface area contributed by atoms with E-state index in [1.54, 1.807) is 24.3 Å². The third-order valence-corrected chi connectivity index (χ3v) is 6.90. The van der Waals surface area contributed by atoms with Gasteiger partial charge >= 0.3 is 0 Å². The van der Waals surface area contributed by atoms with Gasteiger partial charge in [0.05, 0.1) is 23.1 Å². The van der Waals surface area contributed by atoms with E-state index in [2.05, 4.69) is 0 Å². The maximum Gasteiger partial charge on any atom is 0.244 e. The zero-order valence-corrected chi connectivity index (χ0v) is 15.8. The molecule has 1 heterocycles. The molecule has 4 atom stereocenters. The summed E-state index contributed by atoms with van der Waals surface area (Å²) in [5, 5.41) is 10.9. The molecule has 1 aliphatic rings. The van der Waals surface area contributed by atoms with Gasteiger partial charge in [0.25, 0.3) is 0 Å². The summed E-state index contributed by atoms with van der Waals surface area (Å²) in [6.45, 7) is 1.92. The first-order valence-corrected chi connectivity index (χ1v) is 10.3. The second-order valence-corrected chi connectivity index (χ2v) is 8.69. The summed E-state index contributed by atoms with van der Waals surface area (Å²) >= 11 is 0. The summed E-state index contributed by atoms with van der Waals surface area (Å²) in [6, 6.07) is 24.6. The van der Waals surface area contributed by atoms with Crippen LogP contribution in [-0.2, 0) is 10.0 Å². The Balaban J connectivity index is 1.73. The van der Waals surface area contributed by atoms with E-state index >= 15 is 0 Å². The van der Waals surface area contributed by atoms with E-state index in [9.17, 15) is 13.5 Å². The molecule has 1 N–H and O–H groups in total. The van der Waals surface area contributed by atoms with Crippen molar-refractivity contribution >= 4 is 10.0 Å². The number of hydrogen-bond acceptors (Lipinski definition) is 3. The second-order valence-electron chi connectivity index (χ2n) is 6.85. The minimum Gasteiger partial charge on any atom is -0.387 e. The number of nitrogens with zero attached hydrogens (tertiary/aromatic N) is 1. The summed E-state index contributed by atoms with van der Waals surface area (Å²) in [5.74, 6) is 0. The molecule has 0 radical (unpaired) electrons.